The highest BCUT2D eigenvalue weighted by Crippen LogP contribution is 2.45. The molecule has 19 heteroatoms. The highest BCUT2D eigenvalue weighted by atomic mass is 31.2. The van der Waals surface area contributed by atoms with Crippen LogP contribution in [0, 0.1) is 0 Å². The summed E-state index contributed by atoms with van der Waals surface area (Å²) in [7, 11) is -9.98. The highest BCUT2D eigenvalue weighted by molar-refractivity contribution is 7.47. The van der Waals surface area contributed by atoms with Gasteiger partial charge in [-0.15, -0.1) is 0 Å². The van der Waals surface area contributed by atoms with E-state index in [-0.39, 0.29) is 25.7 Å². The third-order valence-electron chi connectivity index (χ3n) is 17.1. The van der Waals surface area contributed by atoms with Crippen LogP contribution in [0.4, 0.5) is 0 Å². The maximum absolute atomic E-state index is 13.1. The van der Waals surface area contributed by atoms with Gasteiger partial charge in [0.2, 0.25) is 0 Å². The first-order chi connectivity index (χ1) is 51.7. The van der Waals surface area contributed by atoms with Crippen LogP contribution < -0.4 is 0 Å². The Labute approximate surface area is 644 Å². The Balaban J connectivity index is 5.38. The Morgan fingerprint density at radius 1 is 0.274 bits per heavy atom. The van der Waals surface area contributed by atoms with Crippen LogP contribution in [-0.2, 0) is 65.4 Å². The first-order valence-corrected chi connectivity index (χ1v) is 44.4. The van der Waals surface area contributed by atoms with Crippen LogP contribution >= 0.6 is 15.6 Å². The predicted octanol–water partition coefficient (Wildman–Crippen LogP) is 24.4. The van der Waals surface area contributed by atoms with E-state index in [1.807, 2.05) is 0 Å². The second kappa shape index (κ2) is 78.3. The van der Waals surface area contributed by atoms with Crippen molar-refractivity contribution in [2.75, 3.05) is 39.6 Å². The van der Waals surface area contributed by atoms with Gasteiger partial charge in [0, 0.05) is 25.7 Å². The number of phosphoric acid groups is 2. The summed E-state index contributed by atoms with van der Waals surface area (Å²) >= 11 is 0. The van der Waals surface area contributed by atoms with E-state index in [2.05, 4.69) is 161 Å². The molecule has 0 aromatic heterocycles. The Kier molecular flexibility index (Phi) is 74.8. The number of carbonyl (C=O) groups excluding carboxylic acids is 4. The minimum atomic E-state index is -4.99. The zero-order chi connectivity index (χ0) is 77.4. The molecule has 17 nitrogen and oxygen atoms in total. The normalized spacial score (nSPS) is 14.5. The molecule has 0 saturated heterocycles. The number of unbranched alkanes of at least 4 members (excludes halogenated alkanes) is 29. The molecule has 0 spiro atoms. The van der Waals surface area contributed by atoms with Crippen molar-refractivity contribution < 1.29 is 80.2 Å². The fourth-order valence-electron chi connectivity index (χ4n) is 10.8. The summed E-state index contributed by atoms with van der Waals surface area (Å²) in [5, 5.41) is 10.7. The maximum Gasteiger partial charge on any atom is 0.472 e. The molecule has 0 rings (SSSR count). The molecule has 0 aromatic carbocycles. The van der Waals surface area contributed by atoms with Crippen LogP contribution in [0.3, 0.4) is 0 Å². The van der Waals surface area contributed by atoms with Crippen molar-refractivity contribution in [3.8, 4) is 0 Å². The first-order valence-electron chi connectivity index (χ1n) is 41.4. The number of rotatable bonds is 77. The Morgan fingerprint density at radius 3 is 0.792 bits per heavy atom. The van der Waals surface area contributed by atoms with Gasteiger partial charge in [0.1, 0.15) is 19.3 Å². The fraction of sp³-hybridized carbons (Fsp3) is 0.701. The molecule has 0 aliphatic carbocycles. The zero-order valence-electron chi connectivity index (χ0n) is 66.6. The molecule has 608 valence electrons. The molecule has 0 heterocycles. The SMILES string of the molecule is CC/C=C\C/C=C\C/C=C\CCCCCCCCCC(=O)OCC(COP(=O)(O)OCC(O)COP(=O)(O)OCC(COC(=O)CCCCCCCC/C=C\C/C=C\C/C=C\CCCCC)OC(=O)CCCCCCC/C=C\C/C=C\CCC)OC(=O)CCCCCCCCC/C=C\C/C=C\C/C=C\CC. The largest absolute Gasteiger partial charge is 0.472 e. The van der Waals surface area contributed by atoms with Gasteiger partial charge in [0.15, 0.2) is 12.2 Å². The Morgan fingerprint density at radius 2 is 0.509 bits per heavy atom. The minimum absolute atomic E-state index is 0.0733. The van der Waals surface area contributed by atoms with E-state index >= 15 is 0 Å². The number of aliphatic hydroxyl groups is 1. The van der Waals surface area contributed by atoms with Gasteiger partial charge in [-0.3, -0.25) is 37.3 Å². The minimum Gasteiger partial charge on any atom is -0.462 e. The average Bonchev–Trinajstić information content (AvgIpc) is 0.902. The van der Waals surface area contributed by atoms with Crippen molar-refractivity contribution in [3.05, 3.63) is 134 Å². The summed E-state index contributed by atoms with van der Waals surface area (Å²) in [5.41, 5.74) is 0. The third-order valence-corrected chi connectivity index (χ3v) is 19.0. The summed E-state index contributed by atoms with van der Waals surface area (Å²) in [6.07, 6.45) is 88.4. The third kappa shape index (κ3) is 77.4. The second-order valence-electron chi connectivity index (χ2n) is 27.3. The van der Waals surface area contributed by atoms with Gasteiger partial charge in [-0.25, -0.2) is 9.13 Å². The van der Waals surface area contributed by atoms with Crippen molar-refractivity contribution in [1.29, 1.82) is 0 Å². The van der Waals surface area contributed by atoms with E-state index in [0.29, 0.717) is 25.7 Å². The fourth-order valence-corrected chi connectivity index (χ4v) is 12.4. The molecular weight excluding hydrogens is 1380 g/mol. The molecule has 0 amide bonds. The van der Waals surface area contributed by atoms with E-state index in [4.69, 9.17) is 37.0 Å². The number of aliphatic hydroxyl groups excluding tert-OH is 1. The number of hydrogen-bond donors (Lipinski definition) is 3. The lowest BCUT2D eigenvalue weighted by atomic mass is 10.1. The van der Waals surface area contributed by atoms with Crippen LogP contribution in [0.5, 0.6) is 0 Å². The van der Waals surface area contributed by atoms with Crippen molar-refractivity contribution in [2.24, 2.45) is 0 Å². The van der Waals surface area contributed by atoms with Crippen molar-refractivity contribution in [2.45, 2.75) is 354 Å². The van der Waals surface area contributed by atoms with Crippen molar-refractivity contribution in [1.82, 2.24) is 0 Å². The first kappa shape index (κ1) is 101. The topological polar surface area (TPSA) is 237 Å². The smallest absolute Gasteiger partial charge is 0.462 e. The molecule has 106 heavy (non-hydrogen) atoms. The Hall–Kier alpha value is -4.80. The van der Waals surface area contributed by atoms with Gasteiger partial charge in [0.25, 0.3) is 0 Å². The summed E-state index contributed by atoms with van der Waals surface area (Å²) < 4.78 is 68.7. The lowest BCUT2D eigenvalue weighted by Gasteiger charge is -2.21. The van der Waals surface area contributed by atoms with Crippen LogP contribution in [0.25, 0.3) is 0 Å². The van der Waals surface area contributed by atoms with E-state index in [0.717, 1.165) is 238 Å². The number of hydrogen-bond acceptors (Lipinski definition) is 15. The van der Waals surface area contributed by atoms with Gasteiger partial charge < -0.3 is 33.8 Å². The van der Waals surface area contributed by atoms with Gasteiger partial charge in [0.05, 0.1) is 26.4 Å². The highest BCUT2D eigenvalue weighted by Gasteiger charge is 2.30. The van der Waals surface area contributed by atoms with Gasteiger partial charge >= 0.3 is 39.5 Å². The molecule has 0 aromatic rings. The van der Waals surface area contributed by atoms with Crippen LogP contribution in [0.1, 0.15) is 336 Å². The summed E-state index contributed by atoms with van der Waals surface area (Å²) in [6.45, 7) is 4.54. The van der Waals surface area contributed by atoms with Gasteiger partial charge in [-0.2, -0.15) is 0 Å². The van der Waals surface area contributed by atoms with Crippen LogP contribution in [0.15, 0.2) is 134 Å². The van der Waals surface area contributed by atoms with E-state index in [9.17, 15) is 43.2 Å². The number of phosphoric ester groups is 2. The van der Waals surface area contributed by atoms with E-state index < -0.39 is 97.5 Å². The lowest BCUT2D eigenvalue weighted by molar-refractivity contribution is -0.161. The maximum atomic E-state index is 13.1. The monoisotopic (exact) mass is 1530 g/mol. The molecule has 0 fully saturated rings. The average molecular weight is 1530 g/mol. The molecule has 5 atom stereocenters. The molecular formula is C87H148O17P2. The van der Waals surface area contributed by atoms with Crippen molar-refractivity contribution in [3.63, 3.8) is 0 Å². The molecule has 5 unspecified atom stereocenters. The van der Waals surface area contributed by atoms with E-state index in [1.54, 1.807) is 0 Å². The Bertz CT molecular complexity index is 2530. The van der Waals surface area contributed by atoms with E-state index in [1.165, 1.54) is 19.3 Å². The standard InChI is InChI=1S/C87H148O17P2/c1-5-9-13-17-21-25-29-33-36-39-40-43-45-49-52-56-60-64-68-72-85(90)97-77-82(103-86(91)73-69-65-61-57-53-47-32-28-24-20-16-12-8-4)79-101-105(93,94)99-75-81(88)76-100-106(95,96)102-80-83(104-87(92)74-70-66-62-58-54-50-46-42-38-35-31-27-23-19-15-11-7-3)78-98-84(89)71-67-63-59-55-51-48-44-41-37-34-30-26-22-18-14-10-6-2/h10-11,14-16,20-23,25-28,32-38,40,43,81-83,88H,5-9,12-13,17-19,24,29-31,39,41-42,44-80H2,1-4H3,(H,93,94)(H,95,96)/b14-10-,15-11-,20-16-,25-21-,26-22-,27-23-,32-28-,36-33-,37-34-,38-35-,43-40-. The van der Waals surface area contributed by atoms with Gasteiger partial charge in [-0.1, -0.05) is 290 Å². The molecule has 0 aliphatic heterocycles. The van der Waals surface area contributed by atoms with Crippen LogP contribution in [-0.4, -0.2) is 96.7 Å². The number of ether oxygens (including phenoxy) is 4. The number of allylic oxidation sites excluding steroid dienone is 22. The summed E-state index contributed by atoms with van der Waals surface area (Å²) in [5.74, 6) is -2.22. The van der Waals surface area contributed by atoms with Gasteiger partial charge in [-0.05, 0) is 154 Å². The lowest BCUT2D eigenvalue weighted by Crippen LogP contribution is -2.30. The predicted molar refractivity (Wildman–Crippen MR) is 436 cm³/mol. The number of carbonyl (C=O) groups is 4. The molecule has 0 radical (unpaired) electrons. The van der Waals surface area contributed by atoms with Crippen molar-refractivity contribution >= 4 is 39.5 Å². The summed E-state index contributed by atoms with van der Waals surface area (Å²) in [4.78, 5) is 73.2. The number of esters is 4. The quantitative estimate of drug-likeness (QED) is 0.0169. The molecule has 0 bridgehead atoms. The second-order valence-corrected chi connectivity index (χ2v) is 30.2. The zero-order valence-corrected chi connectivity index (χ0v) is 68.4. The molecule has 0 aliphatic rings. The summed E-state index contributed by atoms with van der Waals surface area (Å²) in [6, 6.07) is 0. The van der Waals surface area contributed by atoms with Crippen LogP contribution in [0.2, 0.25) is 0 Å². The molecule has 0 saturated carbocycles. The molecule has 3 N–H and O–H groups in total.